The van der Waals surface area contributed by atoms with Crippen LogP contribution in [0.1, 0.15) is 20.7 Å². The van der Waals surface area contributed by atoms with Gasteiger partial charge in [-0.3, -0.25) is 4.79 Å². The lowest BCUT2D eigenvalue weighted by molar-refractivity contribution is -0.267. The number of benzene rings is 2. The Balaban J connectivity index is 2.33. The second-order valence-electron chi connectivity index (χ2n) is 3.95. The van der Waals surface area contributed by atoms with Gasteiger partial charge in [-0.05, 0) is 24.3 Å². The number of carbonyl (C=O) groups excluding carboxylic acids is 1. The summed E-state index contributed by atoms with van der Waals surface area (Å²) >= 11 is 5.74. The van der Waals surface area contributed by atoms with E-state index in [0.29, 0.717) is 5.02 Å². The minimum Gasteiger partial charge on any atom is -0.871 e. The largest absolute Gasteiger partial charge is 0.871 e. The van der Waals surface area contributed by atoms with Crippen LogP contribution in [0, 0.1) is 0 Å². The number of nitrogens with one attached hydrogen (secondary N) is 1. The molecule has 0 fully saturated rings. The summed E-state index contributed by atoms with van der Waals surface area (Å²) in [4.78, 5) is 23.1. The number of aromatic carboxylic acids is 1. The summed E-state index contributed by atoms with van der Waals surface area (Å²) in [6, 6.07) is 9.67. The number of halogens is 1. The molecule has 0 heterocycles. The van der Waals surface area contributed by atoms with Crippen molar-refractivity contribution >= 4 is 29.2 Å². The molecule has 0 aliphatic heterocycles. The Kier molecular flexibility index (Phi) is 3.91. The van der Waals surface area contributed by atoms with Crippen molar-refractivity contribution in [3.05, 3.63) is 58.6 Å². The SMILES string of the molecule is O=C(O)c1ccccc1C(=O)Nc1cc(Cl)ccc1[O-]. The average molecular weight is 291 g/mol. The third kappa shape index (κ3) is 2.89. The van der Waals surface area contributed by atoms with E-state index in [9.17, 15) is 14.7 Å². The lowest BCUT2D eigenvalue weighted by Crippen LogP contribution is -2.17. The summed E-state index contributed by atoms with van der Waals surface area (Å²) in [6.45, 7) is 0. The summed E-state index contributed by atoms with van der Waals surface area (Å²) in [5.41, 5.74) is -0.165. The lowest BCUT2D eigenvalue weighted by atomic mass is 10.1. The van der Waals surface area contributed by atoms with Crippen molar-refractivity contribution in [3.8, 4) is 5.75 Å². The van der Waals surface area contributed by atoms with Crippen LogP contribution >= 0.6 is 11.6 Å². The fourth-order valence-electron chi connectivity index (χ4n) is 1.66. The summed E-state index contributed by atoms with van der Waals surface area (Å²) in [7, 11) is 0. The van der Waals surface area contributed by atoms with Crippen molar-refractivity contribution < 1.29 is 19.8 Å². The molecule has 0 saturated heterocycles. The monoisotopic (exact) mass is 290 g/mol. The van der Waals surface area contributed by atoms with E-state index in [-0.39, 0.29) is 16.8 Å². The molecule has 0 aliphatic rings. The van der Waals surface area contributed by atoms with Crippen molar-refractivity contribution in [3.63, 3.8) is 0 Å². The Morgan fingerprint density at radius 3 is 2.40 bits per heavy atom. The molecular weight excluding hydrogens is 282 g/mol. The van der Waals surface area contributed by atoms with Gasteiger partial charge >= 0.3 is 5.97 Å². The van der Waals surface area contributed by atoms with Gasteiger partial charge in [-0.25, -0.2) is 4.79 Å². The highest BCUT2D eigenvalue weighted by Crippen LogP contribution is 2.25. The number of carbonyl (C=O) groups is 2. The molecule has 102 valence electrons. The molecule has 0 unspecified atom stereocenters. The fourth-order valence-corrected chi connectivity index (χ4v) is 1.83. The Morgan fingerprint density at radius 2 is 1.75 bits per heavy atom. The quantitative estimate of drug-likeness (QED) is 0.908. The normalized spacial score (nSPS) is 10.1. The van der Waals surface area contributed by atoms with Gasteiger partial charge in [0, 0.05) is 10.7 Å². The van der Waals surface area contributed by atoms with Crippen LogP contribution in [0.2, 0.25) is 5.02 Å². The van der Waals surface area contributed by atoms with E-state index in [0.717, 1.165) is 0 Å². The Labute approximate surface area is 119 Å². The van der Waals surface area contributed by atoms with Crippen molar-refractivity contribution in [2.75, 3.05) is 5.32 Å². The van der Waals surface area contributed by atoms with Crippen LogP contribution < -0.4 is 10.4 Å². The first-order chi connectivity index (χ1) is 9.49. The van der Waals surface area contributed by atoms with Crippen molar-refractivity contribution in [1.29, 1.82) is 0 Å². The standard InChI is InChI=1S/C14H10ClNO4/c15-8-5-6-12(17)11(7-8)16-13(18)9-3-1-2-4-10(9)14(19)20/h1-7,17H,(H,16,18)(H,19,20)/p-1. The molecule has 0 aromatic heterocycles. The second kappa shape index (κ2) is 5.63. The van der Waals surface area contributed by atoms with Crippen LogP contribution in [0.3, 0.4) is 0 Å². The number of carboxylic acid groups (broad SMARTS) is 1. The van der Waals surface area contributed by atoms with Crippen LogP contribution in [-0.4, -0.2) is 17.0 Å². The molecule has 0 saturated carbocycles. The Morgan fingerprint density at radius 1 is 1.10 bits per heavy atom. The number of hydrogen-bond donors (Lipinski definition) is 2. The predicted octanol–water partition coefficient (Wildman–Crippen LogP) is 2.36. The molecule has 0 spiro atoms. The molecule has 0 aliphatic carbocycles. The Hall–Kier alpha value is -2.53. The molecular formula is C14H9ClNO4-. The molecule has 0 bridgehead atoms. The first kappa shape index (κ1) is 13.9. The molecule has 2 N–H and O–H groups in total. The van der Waals surface area contributed by atoms with Gasteiger partial charge in [-0.2, -0.15) is 0 Å². The number of anilines is 1. The van der Waals surface area contributed by atoms with Crippen LogP contribution in [-0.2, 0) is 0 Å². The third-order valence-electron chi connectivity index (χ3n) is 2.59. The summed E-state index contributed by atoms with van der Waals surface area (Å²) < 4.78 is 0. The van der Waals surface area contributed by atoms with Crippen LogP contribution in [0.5, 0.6) is 5.75 Å². The van der Waals surface area contributed by atoms with Gasteiger partial charge < -0.3 is 15.5 Å². The zero-order chi connectivity index (χ0) is 14.7. The van der Waals surface area contributed by atoms with Gasteiger partial charge in [0.2, 0.25) is 0 Å². The average Bonchev–Trinajstić information content (AvgIpc) is 2.42. The predicted molar refractivity (Wildman–Crippen MR) is 72.3 cm³/mol. The van der Waals surface area contributed by atoms with Gasteiger partial charge in [0.05, 0.1) is 11.1 Å². The number of hydrogen-bond acceptors (Lipinski definition) is 3. The zero-order valence-corrected chi connectivity index (χ0v) is 10.8. The van der Waals surface area contributed by atoms with Gasteiger partial charge in [0.15, 0.2) is 0 Å². The lowest BCUT2D eigenvalue weighted by Gasteiger charge is -2.15. The van der Waals surface area contributed by atoms with Gasteiger partial charge in [0.25, 0.3) is 5.91 Å². The highest BCUT2D eigenvalue weighted by Gasteiger charge is 2.15. The summed E-state index contributed by atoms with van der Waals surface area (Å²) in [6.07, 6.45) is 0. The van der Waals surface area contributed by atoms with E-state index >= 15 is 0 Å². The van der Waals surface area contributed by atoms with E-state index in [2.05, 4.69) is 5.32 Å². The molecule has 5 nitrogen and oxygen atoms in total. The zero-order valence-electron chi connectivity index (χ0n) is 10.1. The van der Waals surface area contributed by atoms with Crippen molar-refractivity contribution in [1.82, 2.24) is 0 Å². The maximum Gasteiger partial charge on any atom is 0.336 e. The molecule has 2 aromatic rings. The van der Waals surface area contributed by atoms with Gasteiger partial charge in [-0.1, -0.05) is 35.5 Å². The molecule has 6 heteroatoms. The minimum atomic E-state index is -1.22. The van der Waals surface area contributed by atoms with E-state index in [4.69, 9.17) is 16.7 Å². The molecule has 0 atom stereocenters. The molecule has 1 amide bonds. The van der Waals surface area contributed by atoms with E-state index in [1.54, 1.807) is 0 Å². The van der Waals surface area contributed by atoms with Crippen LogP contribution in [0.25, 0.3) is 0 Å². The number of carboxylic acids is 1. The third-order valence-corrected chi connectivity index (χ3v) is 2.83. The molecule has 2 aromatic carbocycles. The van der Waals surface area contributed by atoms with Crippen LogP contribution in [0.15, 0.2) is 42.5 Å². The van der Waals surface area contributed by atoms with Crippen molar-refractivity contribution in [2.45, 2.75) is 0 Å². The smallest absolute Gasteiger partial charge is 0.336 e. The van der Waals surface area contributed by atoms with Crippen molar-refractivity contribution in [2.24, 2.45) is 0 Å². The summed E-state index contributed by atoms with van der Waals surface area (Å²) in [5, 5.41) is 23.2. The highest BCUT2D eigenvalue weighted by molar-refractivity contribution is 6.31. The summed E-state index contributed by atoms with van der Waals surface area (Å²) in [5.74, 6) is -2.30. The second-order valence-corrected chi connectivity index (χ2v) is 4.38. The first-order valence-corrected chi connectivity index (χ1v) is 5.97. The molecule has 2 rings (SSSR count). The maximum atomic E-state index is 12.0. The highest BCUT2D eigenvalue weighted by atomic mass is 35.5. The van der Waals surface area contributed by atoms with Gasteiger partial charge in [-0.15, -0.1) is 0 Å². The number of rotatable bonds is 3. The first-order valence-electron chi connectivity index (χ1n) is 5.59. The fraction of sp³-hybridized carbons (Fsp3) is 0. The van der Waals surface area contributed by atoms with E-state index in [1.165, 1.54) is 42.5 Å². The topological polar surface area (TPSA) is 89.5 Å². The minimum absolute atomic E-state index is 0.00249. The van der Waals surface area contributed by atoms with E-state index < -0.39 is 17.6 Å². The molecule has 0 radical (unpaired) electrons. The Bertz CT molecular complexity index is 685. The van der Waals surface area contributed by atoms with Gasteiger partial charge in [0.1, 0.15) is 0 Å². The molecule has 20 heavy (non-hydrogen) atoms. The van der Waals surface area contributed by atoms with Crippen LogP contribution in [0.4, 0.5) is 5.69 Å². The van der Waals surface area contributed by atoms with E-state index in [1.807, 2.05) is 0 Å². The maximum absolute atomic E-state index is 12.0. The number of amides is 1.